The standard InChI is InChI=1S/C37H45N3O4S/c1-3-38-36(42)34(21-27-10-6-4-7-11-27)39(25-28-12-8-5-9-13-28)35(41)26-40(45(2,43)44)33-16-14-32(15-17-33)37-22-29-18-30(23-37)20-31(19-29)24-37/h4-17,29-31,34H,3,18-26H2,1-2H3,(H,38,42)/t29?,30?,31?,34-,37?/m1/s1. The molecule has 4 fully saturated rings. The first-order valence-electron chi connectivity index (χ1n) is 16.4. The molecule has 8 heteroatoms. The Kier molecular flexibility index (Phi) is 9.05. The highest BCUT2D eigenvalue weighted by Gasteiger charge is 2.51. The highest BCUT2D eigenvalue weighted by Crippen LogP contribution is 2.60. The summed E-state index contributed by atoms with van der Waals surface area (Å²) in [7, 11) is -3.81. The summed E-state index contributed by atoms with van der Waals surface area (Å²) >= 11 is 0. The van der Waals surface area contributed by atoms with E-state index in [-0.39, 0.29) is 17.9 Å². The fourth-order valence-corrected chi connectivity index (χ4v) is 9.53. The van der Waals surface area contributed by atoms with Gasteiger partial charge in [0.25, 0.3) is 0 Å². The van der Waals surface area contributed by atoms with Crippen molar-refractivity contribution in [2.24, 2.45) is 17.8 Å². The minimum Gasteiger partial charge on any atom is -0.355 e. The second-order valence-electron chi connectivity index (χ2n) is 13.6. The highest BCUT2D eigenvalue weighted by atomic mass is 32.2. The van der Waals surface area contributed by atoms with Crippen LogP contribution in [0.2, 0.25) is 0 Å². The van der Waals surface area contributed by atoms with E-state index in [0.717, 1.165) is 35.1 Å². The van der Waals surface area contributed by atoms with Gasteiger partial charge in [0.05, 0.1) is 11.9 Å². The van der Waals surface area contributed by atoms with Crippen molar-refractivity contribution in [3.05, 3.63) is 102 Å². The van der Waals surface area contributed by atoms with E-state index < -0.39 is 28.5 Å². The van der Waals surface area contributed by atoms with E-state index in [1.165, 1.54) is 53.3 Å². The molecule has 0 aliphatic heterocycles. The van der Waals surface area contributed by atoms with Gasteiger partial charge in [-0.1, -0.05) is 72.8 Å². The van der Waals surface area contributed by atoms with Gasteiger partial charge in [-0.2, -0.15) is 0 Å². The predicted octanol–water partition coefficient (Wildman–Crippen LogP) is 5.70. The molecule has 0 spiro atoms. The minimum atomic E-state index is -3.81. The lowest BCUT2D eigenvalue weighted by molar-refractivity contribution is -0.140. The van der Waals surface area contributed by atoms with Crippen molar-refractivity contribution in [3.8, 4) is 0 Å². The van der Waals surface area contributed by atoms with E-state index in [1.54, 1.807) is 0 Å². The first-order chi connectivity index (χ1) is 21.6. The van der Waals surface area contributed by atoms with Gasteiger partial charge < -0.3 is 10.2 Å². The minimum absolute atomic E-state index is 0.177. The summed E-state index contributed by atoms with van der Waals surface area (Å²) in [5.74, 6) is 1.74. The van der Waals surface area contributed by atoms with Crippen molar-refractivity contribution in [1.29, 1.82) is 0 Å². The van der Waals surface area contributed by atoms with Crippen molar-refractivity contribution in [2.45, 2.75) is 69.9 Å². The van der Waals surface area contributed by atoms with Gasteiger partial charge in [0.15, 0.2) is 0 Å². The summed E-state index contributed by atoms with van der Waals surface area (Å²) in [5, 5.41) is 2.90. The molecule has 2 amide bonds. The summed E-state index contributed by atoms with van der Waals surface area (Å²) in [5.41, 5.74) is 3.74. The molecule has 3 aromatic carbocycles. The van der Waals surface area contributed by atoms with E-state index in [0.29, 0.717) is 18.7 Å². The van der Waals surface area contributed by atoms with E-state index >= 15 is 0 Å². The van der Waals surface area contributed by atoms with Crippen LogP contribution in [0.4, 0.5) is 5.69 Å². The Bertz CT molecular complexity index is 1560. The van der Waals surface area contributed by atoms with Crippen LogP contribution in [0, 0.1) is 17.8 Å². The van der Waals surface area contributed by atoms with Crippen molar-refractivity contribution in [2.75, 3.05) is 23.7 Å². The van der Waals surface area contributed by atoms with Crippen LogP contribution in [-0.2, 0) is 38.0 Å². The van der Waals surface area contributed by atoms with Gasteiger partial charge in [-0.05, 0) is 97.4 Å². The molecule has 3 aromatic rings. The van der Waals surface area contributed by atoms with Gasteiger partial charge in [-0.15, -0.1) is 0 Å². The zero-order valence-electron chi connectivity index (χ0n) is 26.4. The molecule has 0 heterocycles. The van der Waals surface area contributed by atoms with Crippen LogP contribution in [0.15, 0.2) is 84.9 Å². The maximum absolute atomic E-state index is 14.3. The first-order valence-corrected chi connectivity index (χ1v) is 18.2. The van der Waals surface area contributed by atoms with Crippen molar-refractivity contribution < 1.29 is 18.0 Å². The Hall–Kier alpha value is -3.65. The predicted molar refractivity (Wildman–Crippen MR) is 178 cm³/mol. The summed E-state index contributed by atoms with van der Waals surface area (Å²) in [4.78, 5) is 29.3. The zero-order chi connectivity index (χ0) is 31.6. The molecule has 4 bridgehead atoms. The maximum atomic E-state index is 14.3. The number of rotatable bonds is 12. The first kappa shape index (κ1) is 31.3. The topological polar surface area (TPSA) is 86.8 Å². The number of carbonyl (C=O) groups excluding carboxylic acids is 2. The summed E-state index contributed by atoms with van der Waals surface area (Å²) in [6, 6.07) is 26.2. The number of sulfonamides is 1. The molecule has 7 rings (SSSR count). The highest BCUT2D eigenvalue weighted by molar-refractivity contribution is 7.92. The number of nitrogens with one attached hydrogen (secondary N) is 1. The lowest BCUT2D eigenvalue weighted by Gasteiger charge is -2.57. The monoisotopic (exact) mass is 627 g/mol. The normalized spacial score (nSPS) is 24.2. The van der Waals surface area contributed by atoms with Crippen LogP contribution in [0.25, 0.3) is 0 Å². The van der Waals surface area contributed by atoms with Crippen LogP contribution < -0.4 is 9.62 Å². The maximum Gasteiger partial charge on any atom is 0.244 e. The van der Waals surface area contributed by atoms with Gasteiger partial charge in [-0.25, -0.2) is 8.42 Å². The molecule has 1 atom stereocenters. The van der Waals surface area contributed by atoms with Crippen LogP contribution in [0.5, 0.6) is 0 Å². The van der Waals surface area contributed by atoms with Gasteiger partial charge >= 0.3 is 0 Å². The average molecular weight is 628 g/mol. The number of anilines is 1. The molecular formula is C37H45N3O4S. The average Bonchev–Trinajstić information content (AvgIpc) is 3.01. The molecule has 4 aliphatic rings. The Morgan fingerprint density at radius 1 is 0.822 bits per heavy atom. The molecular weight excluding hydrogens is 582 g/mol. The van der Waals surface area contributed by atoms with Gasteiger partial charge in [0.2, 0.25) is 21.8 Å². The van der Waals surface area contributed by atoms with Gasteiger partial charge in [0, 0.05) is 19.5 Å². The van der Waals surface area contributed by atoms with E-state index in [9.17, 15) is 18.0 Å². The summed E-state index contributed by atoms with van der Waals surface area (Å²) in [6.07, 6.45) is 9.22. The third-order valence-electron chi connectivity index (χ3n) is 10.3. The molecule has 0 radical (unpaired) electrons. The molecule has 45 heavy (non-hydrogen) atoms. The van der Waals surface area contributed by atoms with Crippen LogP contribution in [-0.4, -0.2) is 50.5 Å². The smallest absolute Gasteiger partial charge is 0.244 e. The second-order valence-corrected chi connectivity index (χ2v) is 15.5. The second kappa shape index (κ2) is 13.0. The molecule has 0 aromatic heterocycles. The molecule has 4 saturated carbocycles. The van der Waals surface area contributed by atoms with Crippen LogP contribution in [0.1, 0.15) is 62.1 Å². The summed E-state index contributed by atoms with van der Waals surface area (Å²) < 4.78 is 27.6. The largest absolute Gasteiger partial charge is 0.355 e. The van der Waals surface area contributed by atoms with Crippen LogP contribution >= 0.6 is 0 Å². The molecule has 7 nitrogen and oxygen atoms in total. The Labute approximate surface area is 268 Å². The van der Waals surface area contributed by atoms with Gasteiger partial charge in [0.1, 0.15) is 12.6 Å². The SMILES string of the molecule is CCNC(=O)[C@@H](Cc1ccccc1)N(Cc1ccccc1)C(=O)CN(c1ccc(C23CC4CC(CC(C4)C2)C3)cc1)S(C)(=O)=O. The number of carbonyl (C=O) groups is 2. The van der Waals surface area contributed by atoms with Crippen molar-refractivity contribution in [3.63, 3.8) is 0 Å². The number of amides is 2. The Morgan fingerprint density at radius 2 is 1.36 bits per heavy atom. The van der Waals surface area contributed by atoms with Crippen molar-refractivity contribution in [1.82, 2.24) is 10.2 Å². The molecule has 4 aliphatic carbocycles. The Balaban J connectivity index is 1.29. The molecule has 0 unspecified atom stereocenters. The summed E-state index contributed by atoms with van der Waals surface area (Å²) in [6.45, 7) is 2.05. The lowest BCUT2D eigenvalue weighted by atomic mass is 9.48. The molecule has 1 N–H and O–H groups in total. The van der Waals surface area contributed by atoms with Gasteiger partial charge in [-0.3, -0.25) is 13.9 Å². The fourth-order valence-electron chi connectivity index (χ4n) is 8.69. The third-order valence-corrected chi connectivity index (χ3v) is 11.4. The number of nitrogens with zero attached hydrogens (tertiary/aromatic N) is 2. The zero-order valence-corrected chi connectivity index (χ0v) is 27.2. The van der Waals surface area contributed by atoms with E-state index in [4.69, 9.17) is 0 Å². The Morgan fingerprint density at radius 3 is 1.87 bits per heavy atom. The molecule has 0 saturated heterocycles. The van der Waals surface area contributed by atoms with Crippen molar-refractivity contribution >= 4 is 27.5 Å². The van der Waals surface area contributed by atoms with Crippen LogP contribution in [0.3, 0.4) is 0 Å². The van der Waals surface area contributed by atoms with E-state index in [1.807, 2.05) is 79.7 Å². The third kappa shape index (κ3) is 6.96. The fraction of sp³-hybridized carbons (Fsp3) is 0.459. The number of likely N-dealkylation sites (N-methyl/N-ethyl adjacent to an activating group) is 1. The number of benzene rings is 3. The quantitative estimate of drug-likeness (QED) is 0.279. The van der Waals surface area contributed by atoms with E-state index in [2.05, 4.69) is 17.4 Å². The lowest BCUT2D eigenvalue weighted by Crippen LogP contribution is -2.53. The number of hydrogen-bond donors (Lipinski definition) is 1. The number of hydrogen-bond acceptors (Lipinski definition) is 4. The molecule has 238 valence electrons.